The van der Waals surface area contributed by atoms with E-state index in [0.717, 1.165) is 88.4 Å². The number of nitrogens with zero attached hydrogens (tertiary/aromatic N) is 2. The fourth-order valence-electron chi connectivity index (χ4n) is 6.18. The Morgan fingerprint density at radius 2 is 1.83 bits per heavy atom. The minimum Gasteiger partial charge on any atom is -0.298 e. The van der Waals surface area contributed by atoms with Crippen molar-refractivity contribution in [2.24, 2.45) is 28.7 Å². The lowest BCUT2D eigenvalue weighted by molar-refractivity contribution is 0.112. The quantitative estimate of drug-likeness (QED) is 0.122. The summed E-state index contributed by atoms with van der Waals surface area (Å²) in [5, 5.41) is 0. The van der Waals surface area contributed by atoms with Crippen LogP contribution in [0.25, 0.3) is 11.1 Å². The van der Waals surface area contributed by atoms with Crippen molar-refractivity contribution in [2.45, 2.75) is 119 Å². The Hall–Kier alpha value is -2.81. The van der Waals surface area contributed by atoms with E-state index in [1.807, 2.05) is 44.3 Å². The second kappa shape index (κ2) is 16.7. The molecule has 3 nitrogen and oxygen atoms in total. The molecule has 1 fully saturated rings. The van der Waals surface area contributed by atoms with Crippen LogP contribution in [0.5, 0.6) is 0 Å². The molecule has 2 aromatic rings. The predicted molar refractivity (Wildman–Crippen MR) is 182 cm³/mol. The van der Waals surface area contributed by atoms with Crippen molar-refractivity contribution in [3.8, 4) is 0 Å². The van der Waals surface area contributed by atoms with Crippen molar-refractivity contribution in [2.75, 3.05) is 0 Å². The van der Waals surface area contributed by atoms with Gasteiger partial charge in [0.25, 0.3) is 0 Å². The molecular weight excluding hydrogens is 512 g/mol. The molecule has 42 heavy (non-hydrogen) atoms. The van der Waals surface area contributed by atoms with Crippen LogP contribution >= 0.6 is 0 Å². The van der Waals surface area contributed by atoms with E-state index in [1.54, 1.807) is 0 Å². The molecule has 1 aromatic heterocycles. The van der Waals surface area contributed by atoms with Crippen LogP contribution in [0.2, 0.25) is 0 Å². The molecule has 3 heteroatoms. The van der Waals surface area contributed by atoms with Gasteiger partial charge in [0, 0.05) is 23.0 Å². The summed E-state index contributed by atoms with van der Waals surface area (Å²) in [4.78, 5) is 20.8. The molecule has 1 aliphatic heterocycles. The first kappa shape index (κ1) is 33.7. The maximum Gasteiger partial charge on any atom is 0.150 e. The first-order valence-electron chi connectivity index (χ1n) is 16.7. The molecule has 0 saturated heterocycles. The summed E-state index contributed by atoms with van der Waals surface area (Å²) in [7, 11) is 0. The van der Waals surface area contributed by atoms with Gasteiger partial charge in [-0.15, -0.1) is 0 Å². The smallest absolute Gasteiger partial charge is 0.150 e. The number of benzene rings is 1. The van der Waals surface area contributed by atoms with Crippen molar-refractivity contribution in [1.82, 2.24) is 4.98 Å². The summed E-state index contributed by atoms with van der Waals surface area (Å²) in [5.74, 6) is 4.08. The molecule has 0 bridgehead atoms. The Morgan fingerprint density at radius 1 is 1.07 bits per heavy atom. The summed E-state index contributed by atoms with van der Waals surface area (Å²) < 4.78 is 0. The van der Waals surface area contributed by atoms with Gasteiger partial charge >= 0.3 is 0 Å². The molecule has 1 saturated carbocycles. The molecule has 0 spiro atoms. The van der Waals surface area contributed by atoms with E-state index in [-0.39, 0.29) is 6.04 Å². The molecule has 0 N–H and O–H groups in total. The van der Waals surface area contributed by atoms with Crippen LogP contribution in [0.4, 0.5) is 0 Å². The first-order valence-corrected chi connectivity index (χ1v) is 16.7. The van der Waals surface area contributed by atoms with Crippen molar-refractivity contribution in [3.05, 3.63) is 76.6 Å². The molecular formula is C39H56N2O. The third-order valence-corrected chi connectivity index (χ3v) is 9.04. The Bertz CT molecular complexity index is 1240. The average Bonchev–Trinajstić information content (AvgIpc) is 3.56. The van der Waals surface area contributed by atoms with E-state index >= 15 is 0 Å². The number of aryl methyl sites for hydroxylation is 1. The number of hydrogen-bond acceptors (Lipinski definition) is 3. The van der Waals surface area contributed by atoms with Gasteiger partial charge in [0.2, 0.25) is 0 Å². The second-order valence-electron chi connectivity index (χ2n) is 13.2. The summed E-state index contributed by atoms with van der Waals surface area (Å²) in [5.41, 5.74) is 7.50. The third kappa shape index (κ3) is 9.89. The summed E-state index contributed by atoms with van der Waals surface area (Å²) in [6.07, 6.45) is 18.5. The average molecular weight is 569 g/mol. The van der Waals surface area contributed by atoms with Crippen LogP contribution in [0.3, 0.4) is 0 Å². The van der Waals surface area contributed by atoms with Gasteiger partial charge in [0.05, 0.1) is 11.7 Å². The highest BCUT2D eigenvalue weighted by Crippen LogP contribution is 2.42. The lowest BCUT2D eigenvalue weighted by atomic mass is 9.89. The van der Waals surface area contributed by atoms with Gasteiger partial charge in [0.1, 0.15) is 6.29 Å². The summed E-state index contributed by atoms with van der Waals surface area (Å²) >= 11 is 0. The monoisotopic (exact) mass is 568 g/mol. The van der Waals surface area contributed by atoms with Crippen LogP contribution < -0.4 is 0 Å². The number of aldehydes is 1. The first-order chi connectivity index (χ1) is 20.2. The summed E-state index contributed by atoms with van der Waals surface area (Å²) in [6, 6.07) is 10.1. The number of rotatable bonds is 15. The number of hydrogen-bond donors (Lipinski definition) is 0. The maximum atomic E-state index is 11.7. The molecule has 228 valence electrons. The van der Waals surface area contributed by atoms with E-state index in [4.69, 9.17) is 0 Å². The van der Waals surface area contributed by atoms with Crippen molar-refractivity contribution >= 4 is 23.6 Å². The number of carbonyl (C=O) groups excluding carboxylic acids is 1. The number of unbranched alkanes of at least 4 members (excludes halogenated alkanes) is 2. The number of pyridine rings is 1. The van der Waals surface area contributed by atoms with Crippen LogP contribution in [0.15, 0.2) is 48.0 Å². The number of aliphatic imine (C=N–C) groups is 1. The van der Waals surface area contributed by atoms with Gasteiger partial charge in [-0.25, -0.2) is 0 Å². The Morgan fingerprint density at radius 3 is 2.45 bits per heavy atom. The fourth-order valence-corrected chi connectivity index (χ4v) is 6.18. The lowest BCUT2D eigenvalue weighted by Crippen LogP contribution is -2.03. The van der Waals surface area contributed by atoms with Crippen molar-refractivity contribution in [3.63, 3.8) is 0 Å². The largest absolute Gasteiger partial charge is 0.298 e. The number of fused-ring (bicyclic) bond motifs is 1. The zero-order chi connectivity index (χ0) is 30.6. The minimum atomic E-state index is 0.0309. The Labute approximate surface area is 257 Å². The van der Waals surface area contributed by atoms with Gasteiger partial charge in [-0.2, -0.15) is 0 Å². The van der Waals surface area contributed by atoms with Crippen LogP contribution in [-0.4, -0.2) is 17.5 Å². The molecule has 4 atom stereocenters. The van der Waals surface area contributed by atoms with Gasteiger partial charge in [-0.3, -0.25) is 14.8 Å². The molecule has 1 aliphatic carbocycles. The molecule has 1 aromatic carbocycles. The standard InChI is InChI=1S/C24H26N2O.C15H30/c1-5-6-7-10-22(17(3)23-11-8-9-16(2)26-23)19-12-20-14-25-18(4)24(20)21(13-19)15-27;1-5-6-14(8-7-12(2)3)9-10-15-11-13(15)4/h8-15,18H,3,5-7H2,1-2,4H3;12-15H,5-11H2,1-4H3/b22-10+;. The minimum absolute atomic E-state index is 0.0309. The van der Waals surface area contributed by atoms with Gasteiger partial charge in [-0.05, 0) is 103 Å². The van der Waals surface area contributed by atoms with Crippen LogP contribution in [0.1, 0.15) is 150 Å². The highest BCUT2D eigenvalue weighted by molar-refractivity contribution is 6.05. The topological polar surface area (TPSA) is 42.3 Å². The van der Waals surface area contributed by atoms with Gasteiger partial charge in [-0.1, -0.05) is 98.3 Å². The van der Waals surface area contributed by atoms with Crippen LogP contribution in [-0.2, 0) is 0 Å². The van der Waals surface area contributed by atoms with Gasteiger partial charge in [0.15, 0.2) is 0 Å². The summed E-state index contributed by atoms with van der Waals surface area (Å²) in [6.45, 7) is 20.0. The SMILES string of the molecule is C=C(/C(=C\CCCC)c1cc(C=O)c2c(c1)C=NC2C)c1cccc(C)n1.CCCC(CCC(C)C)CCC1CC1C. The zero-order valence-electron chi connectivity index (χ0n) is 27.6. The Kier molecular flexibility index (Phi) is 13.4. The fraction of sp³-hybridized carbons (Fsp3) is 0.564. The molecule has 4 rings (SSSR count). The number of aromatic nitrogens is 1. The number of allylic oxidation sites excluding steroid dienone is 3. The van der Waals surface area contributed by atoms with E-state index in [9.17, 15) is 4.79 Å². The normalized spacial score (nSPS) is 19.7. The molecule has 2 heterocycles. The molecule has 4 unspecified atom stereocenters. The zero-order valence-corrected chi connectivity index (χ0v) is 27.6. The van der Waals surface area contributed by atoms with E-state index in [2.05, 4.69) is 63.3 Å². The van der Waals surface area contributed by atoms with Crippen molar-refractivity contribution < 1.29 is 4.79 Å². The van der Waals surface area contributed by atoms with Gasteiger partial charge < -0.3 is 0 Å². The Balaban J connectivity index is 0.000000274. The molecule has 0 amide bonds. The van der Waals surface area contributed by atoms with E-state index in [0.29, 0.717) is 5.56 Å². The third-order valence-electron chi connectivity index (χ3n) is 9.04. The highest BCUT2D eigenvalue weighted by Gasteiger charge is 2.32. The van der Waals surface area contributed by atoms with Crippen LogP contribution in [0, 0.1) is 30.6 Å². The maximum absolute atomic E-state index is 11.7. The molecule has 2 aliphatic rings. The predicted octanol–water partition coefficient (Wildman–Crippen LogP) is 11.3. The second-order valence-corrected chi connectivity index (χ2v) is 13.2. The van der Waals surface area contributed by atoms with E-state index < -0.39 is 0 Å². The molecule has 0 radical (unpaired) electrons. The van der Waals surface area contributed by atoms with E-state index in [1.165, 1.54) is 44.9 Å². The highest BCUT2D eigenvalue weighted by atomic mass is 16.1. The lowest BCUT2D eigenvalue weighted by Gasteiger charge is -2.17. The van der Waals surface area contributed by atoms with Crippen molar-refractivity contribution in [1.29, 1.82) is 0 Å². The number of carbonyl (C=O) groups is 1.